The van der Waals surface area contributed by atoms with E-state index < -0.39 is 11.7 Å². The number of alkyl halides is 3. The van der Waals surface area contributed by atoms with Crippen LogP contribution in [-0.4, -0.2) is 24.6 Å². The van der Waals surface area contributed by atoms with E-state index in [1.54, 1.807) is 4.90 Å². The van der Waals surface area contributed by atoms with E-state index in [4.69, 9.17) is 5.73 Å². The quantitative estimate of drug-likeness (QED) is 0.906. The Kier molecular flexibility index (Phi) is 4.90. The Morgan fingerprint density at radius 3 is 2.55 bits per heavy atom. The summed E-state index contributed by atoms with van der Waals surface area (Å²) < 4.78 is 39.6. The van der Waals surface area contributed by atoms with Crippen molar-refractivity contribution in [3.8, 4) is 0 Å². The predicted octanol–water partition coefficient (Wildman–Crippen LogP) is 3.43. The summed E-state index contributed by atoms with van der Waals surface area (Å²) in [6.07, 6.45) is -0.303. The van der Waals surface area contributed by atoms with Gasteiger partial charge >= 0.3 is 6.18 Å². The largest absolute Gasteiger partial charge is 0.419 e. The normalized spacial score (nSPS) is 17.6. The summed E-state index contributed by atoms with van der Waals surface area (Å²) in [6.45, 7) is 1.83. The molecular weight excluding hydrogens is 335 g/mol. The highest BCUT2D eigenvalue weighted by atomic mass is 79.9. The van der Waals surface area contributed by atoms with Crippen LogP contribution in [0.15, 0.2) is 16.7 Å². The number of anilines is 1. The van der Waals surface area contributed by atoms with Crippen LogP contribution in [0.5, 0.6) is 0 Å². The fourth-order valence-corrected chi connectivity index (χ4v) is 2.89. The van der Waals surface area contributed by atoms with Gasteiger partial charge in [-0.25, -0.2) is 4.98 Å². The van der Waals surface area contributed by atoms with Gasteiger partial charge in [-0.3, -0.25) is 0 Å². The molecule has 0 aromatic carbocycles. The number of hydrogen-bond acceptors (Lipinski definition) is 3. The van der Waals surface area contributed by atoms with Crippen molar-refractivity contribution in [2.45, 2.75) is 25.4 Å². The Bertz CT molecular complexity index is 457. The number of halogens is 4. The van der Waals surface area contributed by atoms with E-state index in [0.717, 1.165) is 25.3 Å². The first kappa shape index (κ1) is 15.6. The maximum Gasteiger partial charge on any atom is 0.419 e. The zero-order valence-electron chi connectivity index (χ0n) is 11.0. The van der Waals surface area contributed by atoms with Gasteiger partial charge in [0.05, 0.1) is 5.56 Å². The molecule has 1 aromatic rings. The van der Waals surface area contributed by atoms with Gasteiger partial charge in [-0.1, -0.05) is 0 Å². The monoisotopic (exact) mass is 351 g/mol. The van der Waals surface area contributed by atoms with Gasteiger partial charge in [-0.2, -0.15) is 13.2 Å². The molecule has 20 heavy (non-hydrogen) atoms. The Morgan fingerprint density at radius 2 is 2.00 bits per heavy atom. The number of hydrogen-bond donors (Lipinski definition) is 1. The van der Waals surface area contributed by atoms with Crippen LogP contribution in [0.4, 0.5) is 19.0 Å². The molecule has 2 heterocycles. The summed E-state index contributed by atoms with van der Waals surface area (Å²) in [7, 11) is 0. The van der Waals surface area contributed by atoms with Gasteiger partial charge < -0.3 is 10.6 Å². The maximum atomic E-state index is 13.1. The molecule has 3 nitrogen and oxygen atoms in total. The second kappa shape index (κ2) is 6.30. The van der Waals surface area contributed by atoms with Crippen LogP contribution in [0.25, 0.3) is 0 Å². The molecule has 112 valence electrons. The summed E-state index contributed by atoms with van der Waals surface area (Å²) in [5.41, 5.74) is 4.85. The second-order valence-corrected chi connectivity index (χ2v) is 5.95. The van der Waals surface area contributed by atoms with Gasteiger partial charge in [0.2, 0.25) is 0 Å². The molecule has 0 atom stereocenters. The molecule has 0 unspecified atom stereocenters. The standard InChI is InChI=1S/C13H17BrF3N3/c14-10-7-11(13(15,16)17)12(19-8-10)20-5-2-9(1-4-18)3-6-20/h7-9H,1-6,18H2. The van der Waals surface area contributed by atoms with Crippen molar-refractivity contribution in [1.29, 1.82) is 0 Å². The molecule has 0 bridgehead atoms. The molecule has 1 aliphatic rings. The fourth-order valence-electron chi connectivity index (χ4n) is 2.56. The maximum absolute atomic E-state index is 13.1. The van der Waals surface area contributed by atoms with Crippen molar-refractivity contribution in [1.82, 2.24) is 4.98 Å². The van der Waals surface area contributed by atoms with E-state index in [-0.39, 0.29) is 5.82 Å². The number of piperidine rings is 1. The third-order valence-corrected chi connectivity index (χ3v) is 4.06. The second-order valence-electron chi connectivity index (χ2n) is 5.03. The van der Waals surface area contributed by atoms with Crippen molar-refractivity contribution >= 4 is 21.7 Å². The minimum atomic E-state index is -4.39. The lowest BCUT2D eigenvalue weighted by atomic mass is 9.93. The van der Waals surface area contributed by atoms with Crippen molar-refractivity contribution in [2.75, 3.05) is 24.5 Å². The lowest BCUT2D eigenvalue weighted by Crippen LogP contribution is -2.36. The van der Waals surface area contributed by atoms with Crippen LogP contribution in [0.3, 0.4) is 0 Å². The molecule has 2 N–H and O–H groups in total. The van der Waals surface area contributed by atoms with Gasteiger partial charge in [-0.05, 0) is 53.7 Å². The van der Waals surface area contributed by atoms with Crippen molar-refractivity contribution in [2.24, 2.45) is 11.7 Å². The van der Waals surface area contributed by atoms with E-state index in [9.17, 15) is 13.2 Å². The highest BCUT2D eigenvalue weighted by Gasteiger charge is 2.36. The van der Waals surface area contributed by atoms with Crippen LogP contribution < -0.4 is 10.6 Å². The Labute approximate surface area is 124 Å². The number of aromatic nitrogens is 1. The van der Waals surface area contributed by atoms with Crippen molar-refractivity contribution < 1.29 is 13.2 Å². The molecular formula is C13H17BrF3N3. The van der Waals surface area contributed by atoms with Crippen molar-refractivity contribution in [3.63, 3.8) is 0 Å². The number of nitrogens with two attached hydrogens (primary N) is 1. The molecule has 0 amide bonds. The Hall–Kier alpha value is -0.820. The average Bonchev–Trinajstić information content (AvgIpc) is 2.39. The lowest BCUT2D eigenvalue weighted by Gasteiger charge is -2.34. The van der Waals surface area contributed by atoms with E-state index in [1.807, 2.05) is 0 Å². The first-order valence-corrected chi connectivity index (χ1v) is 7.39. The highest BCUT2D eigenvalue weighted by molar-refractivity contribution is 9.10. The van der Waals surface area contributed by atoms with Crippen LogP contribution >= 0.6 is 15.9 Å². The summed E-state index contributed by atoms with van der Waals surface area (Å²) in [4.78, 5) is 5.70. The van der Waals surface area contributed by atoms with E-state index in [2.05, 4.69) is 20.9 Å². The molecule has 2 rings (SSSR count). The van der Waals surface area contributed by atoms with Gasteiger partial charge in [0.25, 0.3) is 0 Å². The molecule has 1 aliphatic heterocycles. The molecule has 1 saturated heterocycles. The first-order valence-electron chi connectivity index (χ1n) is 6.59. The zero-order chi connectivity index (χ0) is 14.8. The van der Waals surface area contributed by atoms with Crippen LogP contribution in [0.1, 0.15) is 24.8 Å². The SMILES string of the molecule is NCCC1CCN(c2ncc(Br)cc2C(F)(F)F)CC1. The fraction of sp³-hybridized carbons (Fsp3) is 0.615. The van der Waals surface area contributed by atoms with Gasteiger partial charge in [0.1, 0.15) is 5.82 Å². The smallest absolute Gasteiger partial charge is 0.356 e. The predicted molar refractivity (Wildman–Crippen MR) is 75.5 cm³/mol. The summed E-state index contributed by atoms with van der Waals surface area (Å²) in [5.74, 6) is 0.549. The average molecular weight is 352 g/mol. The third-order valence-electron chi connectivity index (χ3n) is 3.63. The molecule has 0 spiro atoms. The molecule has 1 fully saturated rings. The zero-order valence-corrected chi connectivity index (χ0v) is 12.5. The minimum absolute atomic E-state index is 0.0342. The van der Waals surface area contributed by atoms with Crippen LogP contribution in [-0.2, 0) is 6.18 Å². The van der Waals surface area contributed by atoms with Crippen molar-refractivity contribution in [3.05, 3.63) is 22.3 Å². The topological polar surface area (TPSA) is 42.1 Å². The summed E-state index contributed by atoms with van der Waals surface area (Å²) in [5, 5.41) is 0. The summed E-state index contributed by atoms with van der Waals surface area (Å²) >= 11 is 3.05. The molecule has 0 radical (unpaired) electrons. The van der Waals surface area contributed by atoms with E-state index in [1.165, 1.54) is 6.20 Å². The molecule has 7 heteroatoms. The van der Waals surface area contributed by atoms with E-state index >= 15 is 0 Å². The van der Waals surface area contributed by atoms with Crippen LogP contribution in [0, 0.1) is 5.92 Å². The Balaban J connectivity index is 2.18. The van der Waals surface area contributed by atoms with E-state index in [0.29, 0.717) is 30.0 Å². The van der Waals surface area contributed by atoms with Gasteiger partial charge in [-0.15, -0.1) is 0 Å². The first-order chi connectivity index (χ1) is 9.41. The number of rotatable bonds is 3. The highest BCUT2D eigenvalue weighted by Crippen LogP contribution is 2.38. The number of nitrogens with zero attached hydrogens (tertiary/aromatic N) is 2. The molecule has 0 aliphatic carbocycles. The van der Waals surface area contributed by atoms with Gasteiger partial charge in [0, 0.05) is 23.8 Å². The molecule has 1 aromatic heterocycles. The molecule has 0 saturated carbocycles. The number of pyridine rings is 1. The minimum Gasteiger partial charge on any atom is -0.356 e. The Morgan fingerprint density at radius 1 is 1.35 bits per heavy atom. The third kappa shape index (κ3) is 3.63. The van der Waals surface area contributed by atoms with Gasteiger partial charge in [0.15, 0.2) is 0 Å². The lowest BCUT2D eigenvalue weighted by molar-refractivity contribution is -0.137. The van der Waals surface area contributed by atoms with Crippen LogP contribution in [0.2, 0.25) is 0 Å². The summed E-state index contributed by atoms with van der Waals surface area (Å²) in [6, 6.07) is 1.09.